The summed E-state index contributed by atoms with van der Waals surface area (Å²) in [7, 11) is 0. The van der Waals surface area contributed by atoms with Crippen LogP contribution in [-0.2, 0) is 23.8 Å². The maximum Gasteiger partial charge on any atom is 0.338 e. The van der Waals surface area contributed by atoms with Crippen molar-refractivity contribution in [2.45, 2.75) is 58.2 Å². The van der Waals surface area contributed by atoms with Gasteiger partial charge in [-0.1, -0.05) is 13.8 Å². The van der Waals surface area contributed by atoms with E-state index in [-0.39, 0.29) is 5.57 Å². The highest BCUT2D eigenvalue weighted by molar-refractivity contribution is 5.93. The Morgan fingerprint density at radius 1 is 1.23 bits per heavy atom. The summed E-state index contributed by atoms with van der Waals surface area (Å²) in [4.78, 5) is 23.7. The molecule has 26 heavy (non-hydrogen) atoms. The number of aliphatic hydroxyl groups is 2. The summed E-state index contributed by atoms with van der Waals surface area (Å²) in [6.07, 6.45) is 0.982. The zero-order valence-electron chi connectivity index (χ0n) is 14.9. The van der Waals surface area contributed by atoms with Gasteiger partial charge in [0.1, 0.15) is 6.10 Å². The Morgan fingerprint density at radius 3 is 2.62 bits per heavy atom. The summed E-state index contributed by atoms with van der Waals surface area (Å²) in [5.74, 6) is -1.60. The molecular formula is C19H22O7. The Balaban J connectivity index is 1.61. The molecule has 1 fully saturated rings. The van der Waals surface area contributed by atoms with Crippen molar-refractivity contribution >= 4 is 11.9 Å². The molecule has 0 unspecified atom stereocenters. The molecule has 140 valence electrons. The molecule has 2 heterocycles. The lowest BCUT2D eigenvalue weighted by Gasteiger charge is -2.38. The van der Waals surface area contributed by atoms with Crippen LogP contribution in [0.5, 0.6) is 0 Å². The molecule has 4 rings (SSSR count). The highest BCUT2D eigenvalue weighted by Gasteiger charge is 2.58. The quantitative estimate of drug-likeness (QED) is 0.328. The molecular weight excluding hydrogens is 340 g/mol. The Bertz CT molecular complexity index is 773. The van der Waals surface area contributed by atoms with Gasteiger partial charge in [-0.05, 0) is 30.9 Å². The number of ether oxygens (including phenoxy) is 3. The van der Waals surface area contributed by atoms with Crippen molar-refractivity contribution in [3.63, 3.8) is 0 Å². The number of cyclic esters (lactones) is 1. The third-order valence-electron chi connectivity index (χ3n) is 5.96. The summed E-state index contributed by atoms with van der Waals surface area (Å²) < 4.78 is 16.0. The SMILES string of the molecule is CC1=C[C@H](O/C=C2/C(=O)O[C@@H]3C4=C(CC[C@H](O)C4(C)C)[C@@H](O)[C@H]23)OC1=O. The molecule has 0 saturated carbocycles. The molecule has 2 aliphatic carbocycles. The van der Waals surface area contributed by atoms with Crippen LogP contribution in [0, 0.1) is 11.3 Å². The van der Waals surface area contributed by atoms with Gasteiger partial charge in [0, 0.05) is 17.1 Å². The highest BCUT2D eigenvalue weighted by Crippen LogP contribution is 2.54. The summed E-state index contributed by atoms with van der Waals surface area (Å²) in [6, 6.07) is 0. The van der Waals surface area contributed by atoms with Crippen molar-refractivity contribution in [2.24, 2.45) is 11.3 Å². The monoisotopic (exact) mass is 362 g/mol. The van der Waals surface area contributed by atoms with E-state index in [1.807, 2.05) is 13.8 Å². The van der Waals surface area contributed by atoms with Crippen LogP contribution in [0.1, 0.15) is 33.6 Å². The van der Waals surface area contributed by atoms with Crippen molar-refractivity contribution in [1.82, 2.24) is 0 Å². The Morgan fingerprint density at radius 2 is 1.96 bits per heavy atom. The van der Waals surface area contributed by atoms with E-state index in [1.165, 1.54) is 12.3 Å². The van der Waals surface area contributed by atoms with Crippen molar-refractivity contribution in [1.29, 1.82) is 0 Å². The molecule has 2 aliphatic heterocycles. The first kappa shape index (κ1) is 17.3. The minimum Gasteiger partial charge on any atom is -0.458 e. The summed E-state index contributed by atoms with van der Waals surface area (Å²) >= 11 is 0. The van der Waals surface area contributed by atoms with Crippen molar-refractivity contribution in [3.05, 3.63) is 34.6 Å². The summed E-state index contributed by atoms with van der Waals surface area (Å²) in [5, 5.41) is 21.2. The topological polar surface area (TPSA) is 102 Å². The predicted octanol–water partition coefficient (Wildman–Crippen LogP) is 1.11. The molecule has 0 spiro atoms. The van der Waals surface area contributed by atoms with Crippen LogP contribution in [0.4, 0.5) is 0 Å². The van der Waals surface area contributed by atoms with E-state index in [0.717, 1.165) is 11.1 Å². The van der Waals surface area contributed by atoms with E-state index in [1.54, 1.807) is 6.92 Å². The van der Waals surface area contributed by atoms with E-state index in [9.17, 15) is 19.8 Å². The van der Waals surface area contributed by atoms with E-state index < -0.39 is 47.9 Å². The van der Waals surface area contributed by atoms with Crippen LogP contribution in [-0.4, -0.2) is 46.8 Å². The van der Waals surface area contributed by atoms with Gasteiger partial charge in [-0.25, -0.2) is 9.59 Å². The van der Waals surface area contributed by atoms with Gasteiger partial charge < -0.3 is 24.4 Å². The standard InChI is InChI=1S/C19H22O7/c1-8-6-12(25-17(8)22)24-7-10-13-15(21)9-4-5-11(20)19(2,3)14(9)16(13)26-18(10)23/h6-7,11-13,15-16,20-21H,4-5H2,1-3H3/b10-7+/t11-,12+,13-,15+,16-/m0/s1. The molecule has 5 atom stereocenters. The van der Waals surface area contributed by atoms with Gasteiger partial charge in [0.05, 0.1) is 30.0 Å². The maximum absolute atomic E-state index is 12.3. The Labute approximate surface area is 150 Å². The second-order valence-electron chi connectivity index (χ2n) is 7.84. The third-order valence-corrected chi connectivity index (χ3v) is 5.96. The van der Waals surface area contributed by atoms with Gasteiger partial charge in [-0.2, -0.15) is 0 Å². The van der Waals surface area contributed by atoms with Crippen LogP contribution >= 0.6 is 0 Å². The minimum atomic E-state index is -0.888. The van der Waals surface area contributed by atoms with Crippen LogP contribution < -0.4 is 0 Å². The molecule has 1 saturated heterocycles. The van der Waals surface area contributed by atoms with Crippen molar-refractivity contribution < 1.29 is 34.0 Å². The smallest absolute Gasteiger partial charge is 0.338 e. The normalized spacial score (nSPS) is 39.5. The second kappa shape index (κ2) is 5.69. The highest BCUT2D eigenvalue weighted by atomic mass is 16.7. The number of carbonyl (C=O) groups excluding carboxylic acids is 2. The largest absolute Gasteiger partial charge is 0.458 e. The van der Waals surface area contributed by atoms with Gasteiger partial charge in [0.2, 0.25) is 0 Å². The number of fused-ring (bicyclic) bond motifs is 2. The van der Waals surface area contributed by atoms with E-state index >= 15 is 0 Å². The lowest BCUT2D eigenvalue weighted by molar-refractivity contribution is -0.152. The van der Waals surface area contributed by atoms with Crippen molar-refractivity contribution in [2.75, 3.05) is 0 Å². The number of rotatable bonds is 2. The van der Waals surface area contributed by atoms with Gasteiger partial charge in [0.15, 0.2) is 0 Å². The van der Waals surface area contributed by atoms with E-state index in [0.29, 0.717) is 18.4 Å². The average Bonchev–Trinajstić information content (AvgIpc) is 3.15. The van der Waals surface area contributed by atoms with E-state index in [4.69, 9.17) is 14.2 Å². The fourth-order valence-electron chi connectivity index (χ4n) is 4.42. The molecule has 0 amide bonds. The number of hydrogen-bond donors (Lipinski definition) is 2. The average molecular weight is 362 g/mol. The first-order valence-electron chi connectivity index (χ1n) is 8.77. The molecule has 7 nitrogen and oxygen atoms in total. The molecule has 0 radical (unpaired) electrons. The number of esters is 2. The first-order chi connectivity index (χ1) is 12.2. The second-order valence-corrected chi connectivity index (χ2v) is 7.84. The lowest BCUT2D eigenvalue weighted by atomic mass is 9.70. The van der Waals surface area contributed by atoms with Crippen LogP contribution in [0.25, 0.3) is 0 Å². The van der Waals surface area contributed by atoms with Gasteiger partial charge in [-0.15, -0.1) is 0 Å². The zero-order chi connectivity index (χ0) is 18.8. The molecule has 2 N–H and O–H groups in total. The molecule has 0 bridgehead atoms. The summed E-state index contributed by atoms with van der Waals surface area (Å²) in [6.45, 7) is 5.42. The van der Waals surface area contributed by atoms with Crippen LogP contribution in [0.2, 0.25) is 0 Å². The summed E-state index contributed by atoms with van der Waals surface area (Å²) in [5.41, 5.74) is 1.74. The Hall–Kier alpha value is -2.12. The zero-order valence-corrected chi connectivity index (χ0v) is 14.9. The molecule has 0 aromatic rings. The first-order valence-corrected chi connectivity index (χ1v) is 8.77. The Kier molecular flexibility index (Phi) is 3.79. The molecule has 0 aromatic heterocycles. The van der Waals surface area contributed by atoms with Crippen LogP contribution in [0.3, 0.4) is 0 Å². The van der Waals surface area contributed by atoms with Gasteiger partial charge in [0.25, 0.3) is 6.29 Å². The fourth-order valence-corrected chi connectivity index (χ4v) is 4.42. The lowest BCUT2D eigenvalue weighted by Crippen LogP contribution is -2.38. The predicted molar refractivity (Wildman–Crippen MR) is 88.2 cm³/mol. The molecule has 4 aliphatic rings. The molecule has 0 aromatic carbocycles. The van der Waals surface area contributed by atoms with Gasteiger partial charge >= 0.3 is 11.9 Å². The minimum absolute atomic E-state index is 0.219. The number of carbonyl (C=O) groups is 2. The van der Waals surface area contributed by atoms with Crippen LogP contribution in [0.15, 0.2) is 34.6 Å². The van der Waals surface area contributed by atoms with Crippen molar-refractivity contribution in [3.8, 4) is 0 Å². The number of aliphatic hydroxyl groups excluding tert-OH is 2. The third kappa shape index (κ3) is 2.34. The molecule has 7 heteroatoms. The number of hydrogen-bond acceptors (Lipinski definition) is 7. The van der Waals surface area contributed by atoms with E-state index in [2.05, 4.69) is 0 Å². The fraction of sp³-hybridized carbons (Fsp3) is 0.579. The maximum atomic E-state index is 12.3. The van der Waals surface area contributed by atoms with Gasteiger partial charge in [-0.3, -0.25) is 0 Å².